The maximum atomic E-state index is 11.9. The van der Waals surface area contributed by atoms with Crippen molar-refractivity contribution in [1.82, 2.24) is 5.32 Å². The fourth-order valence-corrected chi connectivity index (χ4v) is 2.06. The van der Waals surface area contributed by atoms with E-state index in [1.165, 1.54) is 5.56 Å². The average Bonchev–Trinajstić information content (AvgIpc) is 2.71. The summed E-state index contributed by atoms with van der Waals surface area (Å²) in [6, 6.07) is 8.00. The van der Waals surface area contributed by atoms with Crippen LogP contribution in [0.15, 0.2) is 24.3 Å². The number of nitrogens with one attached hydrogen (secondary N) is 2. The third kappa shape index (κ3) is 2.99. The molecule has 0 spiro atoms. The van der Waals surface area contributed by atoms with E-state index in [9.17, 15) is 4.79 Å². The molecule has 3 heteroatoms. The summed E-state index contributed by atoms with van der Waals surface area (Å²) in [7, 11) is 0. The lowest BCUT2D eigenvalue weighted by molar-refractivity contribution is -0.121. The number of hydrogen-bond donors (Lipinski definition) is 2. The topological polar surface area (TPSA) is 41.1 Å². The molecule has 0 radical (unpaired) electrons. The van der Waals surface area contributed by atoms with Gasteiger partial charge >= 0.3 is 0 Å². The second-order valence-corrected chi connectivity index (χ2v) is 5.03. The van der Waals surface area contributed by atoms with Crippen molar-refractivity contribution in [3.63, 3.8) is 0 Å². The van der Waals surface area contributed by atoms with E-state index in [4.69, 9.17) is 0 Å². The summed E-state index contributed by atoms with van der Waals surface area (Å²) in [5.74, 6) is 0.742. The second kappa shape index (κ2) is 5.21. The number of anilines is 1. The Bertz CT molecular complexity index is 376. The Morgan fingerprint density at radius 3 is 2.94 bits per heavy atom. The molecule has 1 aromatic rings. The summed E-state index contributed by atoms with van der Waals surface area (Å²) < 4.78 is 0. The minimum Gasteiger partial charge on any atom is -0.373 e. The molecule has 17 heavy (non-hydrogen) atoms. The number of amides is 1. The largest absolute Gasteiger partial charge is 0.373 e. The molecule has 1 aromatic carbocycles. The molecule has 0 bridgehead atoms. The van der Waals surface area contributed by atoms with E-state index in [-0.39, 0.29) is 11.9 Å². The normalized spacial score (nSPS) is 17.7. The van der Waals surface area contributed by atoms with E-state index >= 15 is 0 Å². The van der Waals surface area contributed by atoms with Crippen LogP contribution >= 0.6 is 0 Å². The van der Waals surface area contributed by atoms with Crippen LogP contribution in [0.1, 0.15) is 25.8 Å². The minimum absolute atomic E-state index is 0.0976. The Balaban J connectivity index is 1.84. The lowest BCUT2D eigenvalue weighted by Gasteiger charge is -2.12. The quantitative estimate of drug-likeness (QED) is 0.835. The molecule has 3 nitrogen and oxygen atoms in total. The molecule has 1 amide bonds. The smallest absolute Gasteiger partial charge is 0.242 e. The van der Waals surface area contributed by atoms with Crippen molar-refractivity contribution in [3.8, 4) is 0 Å². The highest BCUT2D eigenvalue weighted by Gasteiger charge is 2.25. The van der Waals surface area contributed by atoms with E-state index in [2.05, 4.69) is 30.5 Å². The van der Waals surface area contributed by atoms with Gasteiger partial charge in [-0.3, -0.25) is 4.79 Å². The summed E-state index contributed by atoms with van der Waals surface area (Å²) in [6.07, 6.45) is 1.83. The van der Waals surface area contributed by atoms with Crippen LogP contribution in [0.25, 0.3) is 0 Å². The van der Waals surface area contributed by atoms with Crippen LogP contribution in [0.5, 0.6) is 0 Å². The molecule has 2 N–H and O–H groups in total. The number of carbonyl (C=O) groups excluding carboxylic acids is 1. The van der Waals surface area contributed by atoms with Gasteiger partial charge in [-0.2, -0.15) is 0 Å². The van der Waals surface area contributed by atoms with E-state index in [0.29, 0.717) is 5.92 Å². The summed E-state index contributed by atoms with van der Waals surface area (Å²) in [5.41, 5.74) is 2.33. The monoisotopic (exact) mass is 232 g/mol. The van der Waals surface area contributed by atoms with Gasteiger partial charge in [0.05, 0.1) is 0 Å². The maximum Gasteiger partial charge on any atom is 0.242 e. The third-order valence-electron chi connectivity index (χ3n) is 3.11. The van der Waals surface area contributed by atoms with Crippen molar-refractivity contribution in [3.05, 3.63) is 29.8 Å². The maximum absolute atomic E-state index is 11.9. The SMILES string of the molecule is CC(C)CCNC(=O)[C@@H]1Cc2ccccc2N1. The molecule has 2 rings (SSSR count). The van der Waals surface area contributed by atoms with E-state index in [1.807, 2.05) is 18.2 Å². The molecular weight excluding hydrogens is 212 g/mol. The van der Waals surface area contributed by atoms with Gasteiger partial charge in [-0.05, 0) is 24.0 Å². The minimum atomic E-state index is -0.0976. The lowest BCUT2D eigenvalue weighted by atomic mass is 10.1. The number of fused-ring (bicyclic) bond motifs is 1. The number of benzene rings is 1. The van der Waals surface area contributed by atoms with Crippen molar-refractivity contribution in [1.29, 1.82) is 0 Å². The van der Waals surface area contributed by atoms with E-state index in [0.717, 1.165) is 25.1 Å². The average molecular weight is 232 g/mol. The van der Waals surface area contributed by atoms with Crippen LogP contribution in [0.4, 0.5) is 5.69 Å². The molecule has 1 aliphatic heterocycles. The first kappa shape index (κ1) is 12.0. The highest BCUT2D eigenvalue weighted by Crippen LogP contribution is 2.24. The van der Waals surface area contributed by atoms with Gasteiger partial charge in [0.15, 0.2) is 0 Å². The number of rotatable bonds is 4. The van der Waals surface area contributed by atoms with Crippen LogP contribution in [0.2, 0.25) is 0 Å². The van der Waals surface area contributed by atoms with Crippen molar-refractivity contribution in [2.45, 2.75) is 32.7 Å². The second-order valence-electron chi connectivity index (χ2n) is 5.03. The van der Waals surface area contributed by atoms with Crippen LogP contribution in [0, 0.1) is 5.92 Å². The van der Waals surface area contributed by atoms with Crippen LogP contribution in [0.3, 0.4) is 0 Å². The first-order valence-corrected chi connectivity index (χ1v) is 6.29. The summed E-state index contributed by atoms with van der Waals surface area (Å²) >= 11 is 0. The molecule has 0 unspecified atom stereocenters. The summed E-state index contributed by atoms with van der Waals surface area (Å²) in [5, 5.41) is 6.25. The van der Waals surface area contributed by atoms with Crippen LogP contribution in [-0.2, 0) is 11.2 Å². The number of carbonyl (C=O) groups is 1. The van der Waals surface area contributed by atoms with Gasteiger partial charge in [0, 0.05) is 18.7 Å². The summed E-state index contributed by atoms with van der Waals surface area (Å²) in [6.45, 7) is 5.09. The zero-order valence-corrected chi connectivity index (χ0v) is 10.5. The molecule has 0 aliphatic carbocycles. The zero-order valence-electron chi connectivity index (χ0n) is 10.5. The highest BCUT2D eigenvalue weighted by atomic mass is 16.2. The first-order chi connectivity index (χ1) is 8.16. The highest BCUT2D eigenvalue weighted by molar-refractivity contribution is 5.87. The van der Waals surface area contributed by atoms with Gasteiger partial charge in [-0.1, -0.05) is 32.0 Å². The fourth-order valence-electron chi connectivity index (χ4n) is 2.06. The Hall–Kier alpha value is -1.51. The van der Waals surface area contributed by atoms with Crippen molar-refractivity contribution >= 4 is 11.6 Å². The molecule has 0 saturated heterocycles. The molecule has 1 heterocycles. The van der Waals surface area contributed by atoms with E-state index in [1.54, 1.807) is 0 Å². The van der Waals surface area contributed by atoms with Gasteiger partial charge in [-0.25, -0.2) is 0 Å². The Kier molecular flexibility index (Phi) is 3.67. The van der Waals surface area contributed by atoms with Gasteiger partial charge < -0.3 is 10.6 Å². The van der Waals surface area contributed by atoms with Gasteiger partial charge in [-0.15, -0.1) is 0 Å². The van der Waals surface area contributed by atoms with Crippen molar-refractivity contribution in [2.24, 2.45) is 5.92 Å². The Labute approximate surface area is 103 Å². The third-order valence-corrected chi connectivity index (χ3v) is 3.11. The van der Waals surface area contributed by atoms with Gasteiger partial charge in [0.25, 0.3) is 0 Å². The molecule has 0 saturated carbocycles. The van der Waals surface area contributed by atoms with Crippen LogP contribution in [-0.4, -0.2) is 18.5 Å². The molecule has 0 aromatic heterocycles. The molecule has 92 valence electrons. The molecule has 0 fully saturated rings. The number of para-hydroxylation sites is 1. The summed E-state index contributed by atoms with van der Waals surface area (Å²) in [4.78, 5) is 11.9. The Morgan fingerprint density at radius 2 is 2.24 bits per heavy atom. The predicted molar refractivity (Wildman–Crippen MR) is 70.0 cm³/mol. The Morgan fingerprint density at radius 1 is 1.47 bits per heavy atom. The lowest BCUT2D eigenvalue weighted by Crippen LogP contribution is -2.39. The van der Waals surface area contributed by atoms with Crippen molar-refractivity contribution < 1.29 is 4.79 Å². The van der Waals surface area contributed by atoms with Gasteiger partial charge in [0.1, 0.15) is 6.04 Å². The van der Waals surface area contributed by atoms with Gasteiger partial charge in [0.2, 0.25) is 5.91 Å². The fraction of sp³-hybridized carbons (Fsp3) is 0.500. The zero-order chi connectivity index (χ0) is 12.3. The van der Waals surface area contributed by atoms with Crippen LogP contribution < -0.4 is 10.6 Å². The molecule has 1 aliphatic rings. The molecule has 1 atom stereocenters. The standard InChI is InChI=1S/C14H20N2O/c1-10(2)7-8-15-14(17)13-9-11-5-3-4-6-12(11)16-13/h3-6,10,13,16H,7-9H2,1-2H3,(H,15,17)/t13-/m0/s1. The predicted octanol–water partition coefficient (Wildman–Crippen LogP) is 2.19. The first-order valence-electron chi connectivity index (χ1n) is 6.29. The molecular formula is C14H20N2O. The van der Waals surface area contributed by atoms with E-state index < -0.39 is 0 Å². The van der Waals surface area contributed by atoms with Crippen molar-refractivity contribution in [2.75, 3.05) is 11.9 Å². The number of hydrogen-bond acceptors (Lipinski definition) is 2.